The minimum Gasteiger partial charge on any atom is -0.346 e. The highest BCUT2D eigenvalue weighted by atomic mass is 32.1. The van der Waals surface area contributed by atoms with Crippen LogP contribution in [0.4, 0.5) is 5.13 Å². The summed E-state index contributed by atoms with van der Waals surface area (Å²) >= 11 is 1.74. The summed E-state index contributed by atoms with van der Waals surface area (Å²) in [6.07, 6.45) is 1.01. The van der Waals surface area contributed by atoms with Crippen molar-refractivity contribution in [2.45, 2.75) is 33.1 Å². The second-order valence-corrected chi connectivity index (χ2v) is 5.92. The number of nitrogens with zero attached hydrogens (tertiary/aromatic N) is 4. The number of hydrogen-bond acceptors (Lipinski definition) is 5. The quantitative estimate of drug-likeness (QED) is 0.863. The van der Waals surface area contributed by atoms with Crippen molar-refractivity contribution in [1.82, 2.24) is 15.0 Å². The van der Waals surface area contributed by atoms with Gasteiger partial charge >= 0.3 is 0 Å². The molecule has 0 N–H and O–H groups in total. The van der Waals surface area contributed by atoms with Gasteiger partial charge in [0.25, 0.3) is 0 Å². The van der Waals surface area contributed by atoms with Gasteiger partial charge in [-0.15, -0.1) is 11.3 Å². The van der Waals surface area contributed by atoms with Crippen LogP contribution in [0.2, 0.25) is 0 Å². The summed E-state index contributed by atoms with van der Waals surface area (Å²) in [6.45, 7) is 8.17. The third-order valence-corrected chi connectivity index (χ3v) is 4.37. The molecular formula is C14H18N4S. The van der Waals surface area contributed by atoms with Crippen LogP contribution in [0.3, 0.4) is 0 Å². The predicted octanol–water partition coefficient (Wildman–Crippen LogP) is 2.72. The van der Waals surface area contributed by atoms with Gasteiger partial charge in [0.15, 0.2) is 5.13 Å². The van der Waals surface area contributed by atoms with E-state index in [4.69, 9.17) is 0 Å². The molecular weight excluding hydrogens is 256 g/mol. The van der Waals surface area contributed by atoms with Crippen molar-refractivity contribution in [1.29, 1.82) is 0 Å². The van der Waals surface area contributed by atoms with Crippen molar-refractivity contribution in [2.24, 2.45) is 0 Å². The summed E-state index contributed by atoms with van der Waals surface area (Å²) in [5.74, 6) is 1.44. The molecule has 0 bridgehead atoms. The zero-order valence-corrected chi connectivity index (χ0v) is 12.4. The highest BCUT2D eigenvalue weighted by Gasteiger charge is 2.32. The Morgan fingerprint density at radius 1 is 1.21 bits per heavy atom. The van der Waals surface area contributed by atoms with Crippen LogP contribution in [0.1, 0.15) is 35.7 Å². The number of rotatable bonds is 3. The topological polar surface area (TPSA) is 41.9 Å². The Morgan fingerprint density at radius 3 is 2.47 bits per heavy atom. The first-order chi connectivity index (χ1) is 9.15. The van der Waals surface area contributed by atoms with E-state index in [1.54, 1.807) is 11.3 Å². The number of aryl methyl sites for hydroxylation is 3. The van der Waals surface area contributed by atoms with Crippen molar-refractivity contribution < 1.29 is 0 Å². The van der Waals surface area contributed by atoms with E-state index < -0.39 is 0 Å². The van der Waals surface area contributed by atoms with Gasteiger partial charge in [-0.05, 0) is 26.3 Å². The Hall–Kier alpha value is -1.49. The molecule has 3 heterocycles. The van der Waals surface area contributed by atoms with E-state index in [9.17, 15) is 0 Å². The molecule has 0 radical (unpaired) electrons. The van der Waals surface area contributed by atoms with E-state index in [0.717, 1.165) is 41.9 Å². The van der Waals surface area contributed by atoms with Crippen LogP contribution in [0.25, 0.3) is 0 Å². The Balaban J connectivity index is 1.69. The maximum atomic E-state index is 4.62. The predicted molar refractivity (Wildman–Crippen MR) is 78.0 cm³/mol. The normalized spacial score (nSPS) is 15.6. The molecule has 0 atom stereocenters. The third kappa shape index (κ3) is 2.47. The van der Waals surface area contributed by atoms with Gasteiger partial charge in [-0.3, -0.25) is 0 Å². The Kier molecular flexibility index (Phi) is 3.22. The lowest BCUT2D eigenvalue weighted by atomic mass is 10.00. The fourth-order valence-corrected chi connectivity index (χ4v) is 3.27. The summed E-state index contributed by atoms with van der Waals surface area (Å²) in [5.41, 5.74) is 3.30. The van der Waals surface area contributed by atoms with E-state index in [2.05, 4.69) is 32.2 Å². The van der Waals surface area contributed by atoms with Crippen LogP contribution in [-0.2, 0) is 6.42 Å². The molecule has 0 aliphatic carbocycles. The van der Waals surface area contributed by atoms with E-state index in [1.807, 2.05) is 19.9 Å². The van der Waals surface area contributed by atoms with Crippen LogP contribution in [-0.4, -0.2) is 28.0 Å². The first kappa shape index (κ1) is 12.5. The number of thiazole rings is 1. The van der Waals surface area contributed by atoms with E-state index in [-0.39, 0.29) is 0 Å². The van der Waals surface area contributed by atoms with Crippen molar-refractivity contribution in [3.05, 3.63) is 34.4 Å². The summed E-state index contributed by atoms with van der Waals surface area (Å²) in [6, 6.07) is 2.02. The van der Waals surface area contributed by atoms with Crippen LogP contribution in [0.5, 0.6) is 0 Å². The average molecular weight is 274 g/mol. The molecule has 5 heteroatoms. The van der Waals surface area contributed by atoms with Gasteiger partial charge in [-0.2, -0.15) is 0 Å². The van der Waals surface area contributed by atoms with Crippen molar-refractivity contribution in [3.8, 4) is 0 Å². The van der Waals surface area contributed by atoms with Gasteiger partial charge < -0.3 is 4.90 Å². The SMILES string of the molecule is CCc1csc(N2CC(c3nc(C)cc(C)n3)C2)n1. The highest BCUT2D eigenvalue weighted by molar-refractivity contribution is 7.13. The van der Waals surface area contributed by atoms with Gasteiger partial charge in [0.1, 0.15) is 5.82 Å². The molecule has 1 fully saturated rings. The average Bonchev–Trinajstić information content (AvgIpc) is 2.74. The number of aromatic nitrogens is 3. The van der Waals surface area contributed by atoms with Crippen LogP contribution in [0.15, 0.2) is 11.4 Å². The maximum Gasteiger partial charge on any atom is 0.185 e. The lowest BCUT2D eigenvalue weighted by molar-refractivity contribution is 0.497. The summed E-state index contributed by atoms with van der Waals surface area (Å²) in [5, 5.41) is 3.29. The summed E-state index contributed by atoms with van der Waals surface area (Å²) in [7, 11) is 0. The summed E-state index contributed by atoms with van der Waals surface area (Å²) in [4.78, 5) is 16.0. The van der Waals surface area contributed by atoms with Gasteiger partial charge in [-0.1, -0.05) is 6.92 Å². The van der Waals surface area contributed by atoms with Crippen molar-refractivity contribution in [3.63, 3.8) is 0 Å². The molecule has 3 rings (SSSR count). The largest absolute Gasteiger partial charge is 0.346 e. The molecule has 2 aromatic heterocycles. The maximum absolute atomic E-state index is 4.62. The second kappa shape index (κ2) is 4.89. The van der Waals surface area contributed by atoms with E-state index in [1.165, 1.54) is 5.69 Å². The van der Waals surface area contributed by atoms with Crippen molar-refractivity contribution in [2.75, 3.05) is 18.0 Å². The third-order valence-electron chi connectivity index (χ3n) is 3.42. The molecule has 2 aromatic rings. The molecule has 1 saturated heterocycles. The zero-order valence-electron chi connectivity index (χ0n) is 11.6. The number of hydrogen-bond donors (Lipinski definition) is 0. The van der Waals surface area contributed by atoms with Gasteiger partial charge in [0.05, 0.1) is 11.6 Å². The number of anilines is 1. The molecule has 0 spiro atoms. The van der Waals surface area contributed by atoms with Crippen molar-refractivity contribution >= 4 is 16.5 Å². The second-order valence-electron chi connectivity index (χ2n) is 5.09. The Bertz CT molecular complexity index is 567. The Labute approximate surface area is 117 Å². The molecule has 0 aromatic carbocycles. The lowest BCUT2D eigenvalue weighted by Crippen LogP contribution is -2.45. The molecule has 1 aliphatic rings. The van der Waals surface area contributed by atoms with Crippen LogP contribution >= 0.6 is 11.3 Å². The van der Waals surface area contributed by atoms with Gasteiger partial charge in [0, 0.05) is 29.9 Å². The summed E-state index contributed by atoms with van der Waals surface area (Å²) < 4.78 is 0. The smallest absolute Gasteiger partial charge is 0.185 e. The molecule has 19 heavy (non-hydrogen) atoms. The fourth-order valence-electron chi connectivity index (χ4n) is 2.34. The van der Waals surface area contributed by atoms with Gasteiger partial charge in [-0.25, -0.2) is 15.0 Å². The first-order valence-electron chi connectivity index (χ1n) is 6.67. The van der Waals surface area contributed by atoms with E-state index in [0.29, 0.717) is 5.92 Å². The molecule has 4 nitrogen and oxygen atoms in total. The minimum absolute atomic E-state index is 0.451. The van der Waals surface area contributed by atoms with Gasteiger partial charge in [0.2, 0.25) is 0 Å². The Morgan fingerprint density at radius 2 is 1.89 bits per heavy atom. The molecule has 0 saturated carbocycles. The molecule has 0 amide bonds. The zero-order chi connectivity index (χ0) is 13.4. The fraction of sp³-hybridized carbons (Fsp3) is 0.500. The highest BCUT2D eigenvalue weighted by Crippen LogP contribution is 2.32. The standard InChI is InChI=1S/C14H18N4S/c1-4-12-8-19-14(17-12)18-6-11(7-18)13-15-9(2)5-10(3)16-13/h5,8,11H,4,6-7H2,1-3H3. The molecule has 1 aliphatic heterocycles. The van der Waals surface area contributed by atoms with Crippen LogP contribution < -0.4 is 4.90 Å². The van der Waals surface area contributed by atoms with Crippen LogP contribution in [0, 0.1) is 13.8 Å². The first-order valence-corrected chi connectivity index (χ1v) is 7.55. The molecule has 0 unspecified atom stereocenters. The monoisotopic (exact) mass is 274 g/mol. The minimum atomic E-state index is 0.451. The molecule has 100 valence electrons. The lowest BCUT2D eigenvalue weighted by Gasteiger charge is -2.38. The van der Waals surface area contributed by atoms with E-state index >= 15 is 0 Å².